The molecule has 14 heavy (non-hydrogen) atoms. The molecule has 76 valence electrons. The molecular weight excluding hydrogens is 172 g/mol. The molecule has 0 amide bonds. The molecule has 0 saturated carbocycles. The number of aryl methyl sites for hydroxylation is 2. The average molecular weight is 190 g/mol. The van der Waals surface area contributed by atoms with Gasteiger partial charge in [-0.3, -0.25) is 0 Å². The molecule has 1 aromatic rings. The van der Waals surface area contributed by atoms with E-state index in [9.17, 15) is 5.11 Å². The zero-order chi connectivity index (χ0) is 10.7. The van der Waals surface area contributed by atoms with E-state index >= 15 is 0 Å². The van der Waals surface area contributed by atoms with Crippen molar-refractivity contribution < 1.29 is 5.11 Å². The third kappa shape index (κ3) is 2.71. The summed E-state index contributed by atoms with van der Waals surface area (Å²) in [4.78, 5) is 0. The normalized spacial score (nSPS) is 12.6. The van der Waals surface area contributed by atoms with Crippen LogP contribution in [0.4, 0.5) is 0 Å². The Balaban J connectivity index is 2.85. The van der Waals surface area contributed by atoms with Crippen molar-refractivity contribution in [3.63, 3.8) is 0 Å². The number of hydrogen-bond acceptors (Lipinski definition) is 1. The highest BCUT2D eigenvalue weighted by atomic mass is 16.3. The largest absolute Gasteiger partial charge is 0.388 e. The lowest BCUT2D eigenvalue weighted by molar-refractivity contribution is 0.211. The molecule has 1 atom stereocenters. The molecule has 1 N–H and O–H groups in total. The molecule has 1 aromatic carbocycles. The Hall–Kier alpha value is -1.08. The van der Waals surface area contributed by atoms with E-state index in [1.165, 1.54) is 16.7 Å². The quantitative estimate of drug-likeness (QED) is 0.727. The summed E-state index contributed by atoms with van der Waals surface area (Å²) in [6, 6.07) is 6.31. The molecule has 0 saturated heterocycles. The van der Waals surface area contributed by atoms with E-state index in [-0.39, 0.29) is 0 Å². The molecule has 0 heterocycles. The fourth-order valence-electron chi connectivity index (χ4n) is 1.40. The van der Waals surface area contributed by atoms with Gasteiger partial charge in [0, 0.05) is 6.42 Å². The smallest absolute Gasteiger partial charge is 0.0785 e. The molecule has 0 aliphatic rings. The molecule has 0 radical (unpaired) electrons. The number of aliphatic hydroxyl groups is 1. The van der Waals surface area contributed by atoms with Crippen molar-refractivity contribution in [2.75, 3.05) is 0 Å². The first-order valence-corrected chi connectivity index (χ1v) is 4.90. The van der Waals surface area contributed by atoms with Crippen LogP contribution in [0.15, 0.2) is 30.4 Å². The number of hydrogen-bond donors (Lipinski definition) is 1. The minimum atomic E-state index is -0.421. The standard InChI is InChI=1S/C13H18O/c1-9(2)13(14)8-12-7-10(3)5-6-11(12)4/h5-7,13-14H,1,8H2,2-4H3. The lowest BCUT2D eigenvalue weighted by atomic mass is 9.98. The Morgan fingerprint density at radius 1 is 1.43 bits per heavy atom. The SMILES string of the molecule is C=C(C)C(O)Cc1cc(C)ccc1C. The molecule has 0 bridgehead atoms. The summed E-state index contributed by atoms with van der Waals surface area (Å²) in [6.07, 6.45) is 0.249. The Kier molecular flexibility index (Phi) is 3.48. The predicted molar refractivity (Wildman–Crippen MR) is 60.4 cm³/mol. The third-order valence-corrected chi connectivity index (χ3v) is 2.49. The minimum Gasteiger partial charge on any atom is -0.388 e. The van der Waals surface area contributed by atoms with Crippen LogP contribution in [0, 0.1) is 13.8 Å². The molecular formula is C13H18O. The third-order valence-electron chi connectivity index (χ3n) is 2.49. The van der Waals surface area contributed by atoms with E-state index < -0.39 is 6.10 Å². The van der Waals surface area contributed by atoms with Gasteiger partial charge in [0.1, 0.15) is 0 Å². The van der Waals surface area contributed by atoms with Crippen molar-refractivity contribution in [1.82, 2.24) is 0 Å². The summed E-state index contributed by atoms with van der Waals surface area (Å²) in [6.45, 7) is 9.75. The molecule has 1 rings (SSSR count). The van der Waals surface area contributed by atoms with Gasteiger partial charge in [-0.15, -0.1) is 0 Å². The summed E-state index contributed by atoms with van der Waals surface area (Å²) >= 11 is 0. The highest BCUT2D eigenvalue weighted by Crippen LogP contribution is 2.14. The second-order valence-corrected chi connectivity index (χ2v) is 4.00. The zero-order valence-corrected chi connectivity index (χ0v) is 9.17. The van der Waals surface area contributed by atoms with Gasteiger partial charge in [-0.2, -0.15) is 0 Å². The van der Waals surface area contributed by atoms with Crippen LogP contribution in [-0.2, 0) is 6.42 Å². The zero-order valence-electron chi connectivity index (χ0n) is 9.17. The Morgan fingerprint density at radius 3 is 2.64 bits per heavy atom. The highest BCUT2D eigenvalue weighted by Gasteiger charge is 2.07. The Labute approximate surface area is 86.1 Å². The molecule has 0 fully saturated rings. The average Bonchev–Trinajstić information content (AvgIpc) is 2.11. The van der Waals surface area contributed by atoms with Crippen molar-refractivity contribution in [1.29, 1.82) is 0 Å². The Bertz CT molecular complexity index is 339. The summed E-state index contributed by atoms with van der Waals surface area (Å²) in [5, 5.41) is 9.70. The first kappa shape index (κ1) is 11.0. The van der Waals surface area contributed by atoms with Gasteiger partial charge in [-0.1, -0.05) is 35.9 Å². The molecule has 0 aromatic heterocycles. The van der Waals surface area contributed by atoms with Crippen molar-refractivity contribution >= 4 is 0 Å². The second-order valence-electron chi connectivity index (χ2n) is 4.00. The lowest BCUT2D eigenvalue weighted by Crippen LogP contribution is -2.12. The van der Waals surface area contributed by atoms with Gasteiger partial charge in [0.2, 0.25) is 0 Å². The second kappa shape index (κ2) is 4.43. The minimum absolute atomic E-state index is 0.421. The van der Waals surface area contributed by atoms with Gasteiger partial charge in [-0.25, -0.2) is 0 Å². The van der Waals surface area contributed by atoms with Crippen LogP contribution in [0.5, 0.6) is 0 Å². The molecule has 0 aliphatic carbocycles. The summed E-state index contributed by atoms with van der Waals surface area (Å²) in [7, 11) is 0. The van der Waals surface area contributed by atoms with Gasteiger partial charge in [-0.05, 0) is 31.9 Å². The van der Waals surface area contributed by atoms with E-state index in [1.54, 1.807) is 0 Å². The summed E-state index contributed by atoms with van der Waals surface area (Å²) < 4.78 is 0. The highest BCUT2D eigenvalue weighted by molar-refractivity contribution is 5.31. The lowest BCUT2D eigenvalue weighted by Gasteiger charge is -2.12. The van der Waals surface area contributed by atoms with E-state index in [4.69, 9.17) is 0 Å². The van der Waals surface area contributed by atoms with Crippen molar-refractivity contribution in [2.45, 2.75) is 33.3 Å². The van der Waals surface area contributed by atoms with Crippen LogP contribution in [0.1, 0.15) is 23.6 Å². The van der Waals surface area contributed by atoms with Gasteiger partial charge in [0.15, 0.2) is 0 Å². The van der Waals surface area contributed by atoms with Crippen LogP contribution in [0.25, 0.3) is 0 Å². The van der Waals surface area contributed by atoms with Gasteiger partial charge in [0.25, 0.3) is 0 Å². The molecule has 0 spiro atoms. The number of rotatable bonds is 3. The van der Waals surface area contributed by atoms with Gasteiger partial charge in [0.05, 0.1) is 6.10 Å². The van der Waals surface area contributed by atoms with E-state index in [0.29, 0.717) is 6.42 Å². The van der Waals surface area contributed by atoms with Crippen molar-refractivity contribution in [3.8, 4) is 0 Å². The fraction of sp³-hybridized carbons (Fsp3) is 0.385. The number of aliphatic hydroxyl groups excluding tert-OH is 1. The Morgan fingerprint density at radius 2 is 2.07 bits per heavy atom. The molecule has 1 heteroatoms. The first-order chi connectivity index (χ1) is 6.50. The van der Waals surface area contributed by atoms with Crippen LogP contribution in [0.3, 0.4) is 0 Å². The van der Waals surface area contributed by atoms with E-state index in [1.807, 2.05) is 6.92 Å². The topological polar surface area (TPSA) is 20.2 Å². The van der Waals surface area contributed by atoms with E-state index in [0.717, 1.165) is 5.57 Å². The fourth-order valence-corrected chi connectivity index (χ4v) is 1.40. The molecule has 1 nitrogen and oxygen atoms in total. The van der Waals surface area contributed by atoms with Gasteiger partial charge < -0.3 is 5.11 Å². The molecule has 0 aliphatic heterocycles. The van der Waals surface area contributed by atoms with Crippen LogP contribution in [-0.4, -0.2) is 11.2 Å². The summed E-state index contributed by atoms with van der Waals surface area (Å²) in [5.74, 6) is 0. The monoisotopic (exact) mass is 190 g/mol. The van der Waals surface area contributed by atoms with Crippen LogP contribution >= 0.6 is 0 Å². The van der Waals surface area contributed by atoms with Crippen LogP contribution < -0.4 is 0 Å². The van der Waals surface area contributed by atoms with E-state index in [2.05, 4.69) is 38.6 Å². The maximum Gasteiger partial charge on any atom is 0.0785 e. The summed E-state index contributed by atoms with van der Waals surface area (Å²) in [5.41, 5.74) is 4.50. The first-order valence-electron chi connectivity index (χ1n) is 4.90. The van der Waals surface area contributed by atoms with Crippen molar-refractivity contribution in [3.05, 3.63) is 47.0 Å². The van der Waals surface area contributed by atoms with Crippen molar-refractivity contribution in [2.24, 2.45) is 0 Å². The van der Waals surface area contributed by atoms with Gasteiger partial charge >= 0.3 is 0 Å². The maximum absolute atomic E-state index is 9.70. The molecule has 1 unspecified atom stereocenters. The predicted octanol–water partition coefficient (Wildman–Crippen LogP) is 2.78. The maximum atomic E-state index is 9.70. The van der Waals surface area contributed by atoms with Crippen LogP contribution in [0.2, 0.25) is 0 Å². The number of benzene rings is 1.